The third kappa shape index (κ3) is 3.96. The Morgan fingerprint density at radius 2 is 1.75 bits per heavy atom. The van der Waals surface area contributed by atoms with Crippen LogP contribution in [-0.2, 0) is 4.79 Å². The van der Waals surface area contributed by atoms with Gasteiger partial charge in [-0.3, -0.25) is 0 Å². The van der Waals surface area contributed by atoms with Gasteiger partial charge in [-0.2, -0.15) is 0 Å². The van der Waals surface area contributed by atoms with Crippen LogP contribution in [0.4, 0.5) is 5.69 Å². The van der Waals surface area contributed by atoms with Gasteiger partial charge >= 0.3 is 123 Å². The minimum absolute atomic E-state index is 0.142. The summed E-state index contributed by atoms with van der Waals surface area (Å²) in [7, 11) is 0.165. The average molecular weight is 297 g/mol. The number of hydrogen-bond acceptors (Lipinski definition) is 2. The molecule has 1 rings (SSSR count). The van der Waals surface area contributed by atoms with Crippen molar-refractivity contribution in [1.29, 1.82) is 0 Å². The SMILES string of the molecule is CCC(C(=O)Nc1c(C)cc(OC)cc1C)[PH](C)(C)C. The molecule has 0 spiro atoms. The summed E-state index contributed by atoms with van der Waals surface area (Å²) in [6, 6.07) is 3.91. The maximum absolute atomic E-state index is 12.5. The molecule has 1 N–H and O–H groups in total. The molecule has 0 aliphatic carbocycles. The van der Waals surface area contributed by atoms with Gasteiger partial charge in [0, 0.05) is 0 Å². The Balaban J connectivity index is 3.02. The summed E-state index contributed by atoms with van der Waals surface area (Å²) in [6.45, 7) is 12.8. The summed E-state index contributed by atoms with van der Waals surface area (Å²) >= 11 is 0. The van der Waals surface area contributed by atoms with E-state index in [4.69, 9.17) is 4.74 Å². The minimum atomic E-state index is -1.49. The Bertz CT molecular complexity index is 469. The maximum atomic E-state index is 12.5. The zero-order valence-electron chi connectivity index (χ0n) is 13.8. The molecular weight excluding hydrogens is 269 g/mol. The van der Waals surface area contributed by atoms with Crippen LogP contribution in [0.3, 0.4) is 0 Å². The Morgan fingerprint density at radius 3 is 2.10 bits per heavy atom. The van der Waals surface area contributed by atoms with E-state index in [9.17, 15) is 4.79 Å². The summed E-state index contributed by atoms with van der Waals surface area (Å²) in [5.74, 6) is 0.985. The first-order valence-corrected chi connectivity index (χ1v) is 10.7. The third-order valence-electron chi connectivity index (χ3n) is 3.76. The fourth-order valence-corrected chi connectivity index (χ4v) is 4.72. The number of benzene rings is 1. The second kappa shape index (κ2) is 6.58. The van der Waals surface area contributed by atoms with Crippen molar-refractivity contribution in [2.24, 2.45) is 0 Å². The number of amides is 1. The molecule has 0 bridgehead atoms. The van der Waals surface area contributed by atoms with E-state index >= 15 is 0 Å². The molecule has 3 nitrogen and oxygen atoms in total. The van der Waals surface area contributed by atoms with E-state index in [0.29, 0.717) is 0 Å². The van der Waals surface area contributed by atoms with Crippen LogP contribution in [0.15, 0.2) is 12.1 Å². The van der Waals surface area contributed by atoms with Crippen LogP contribution in [0.2, 0.25) is 0 Å². The number of methoxy groups -OCH3 is 1. The van der Waals surface area contributed by atoms with E-state index in [-0.39, 0.29) is 11.6 Å². The van der Waals surface area contributed by atoms with Gasteiger partial charge in [0.25, 0.3) is 0 Å². The Hall–Kier alpha value is -1.08. The number of hydrogen-bond donors (Lipinski definition) is 1. The number of nitrogens with one attached hydrogen (secondary N) is 1. The fraction of sp³-hybridized carbons (Fsp3) is 0.562. The average Bonchev–Trinajstić information content (AvgIpc) is 2.32. The number of rotatable bonds is 5. The Morgan fingerprint density at radius 1 is 1.25 bits per heavy atom. The van der Waals surface area contributed by atoms with Crippen LogP contribution in [0.25, 0.3) is 0 Å². The molecular formula is C16H28NO2P. The predicted molar refractivity (Wildman–Crippen MR) is 91.3 cm³/mol. The van der Waals surface area contributed by atoms with Crippen molar-refractivity contribution in [2.75, 3.05) is 32.4 Å². The van der Waals surface area contributed by atoms with Crippen LogP contribution in [-0.4, -0.2) is 38.7 Å². The van der Waals surface area contributed by atoms with Gasteiger partial charge in [0.05, 0.1) is 0 Å². The van der Waals surface area contributed by atoms with E-state index in [1.54, 1.807) is 7.11 Å². The molecule has 0 saturated heterocycles. The molecule has 0 fully saturated rings. The molecule has 4 heteroatoms. The molecule has 1 amide bonds. The van der Waals surface area contributed by atoms with Crippen LogP contribution in [0.1, 0.15) is 24.5 Å². The van der Waals surface area contributed by atoms with Gasteiger partial charge in [0.15, 0.2) is 0 Å². The van der Waals surface area contributed by atoms with E-state index in [1.165, 1.54) is 0 Å². The van der Waals surface area contributed by atoms with Gasteiger partial charge in [0.2, 0.25) is 0 Å². The van der Waals surface area contributed by atoms with Crippen molar-refractivity contribution < 1.29 is 9.53 Å². The van der Waals surface area contributed by atoms with Gasteiger partial charge in [-0.1, -0.05) is 0 Å². The standard InChI is InChI=1S/C16H28NO2P/c1-8-14(20(5,6)7)16(18)17-15-11(2)9-13(19-4)10-12(15)3/h9-10,14,20H,8H2,1-7H3,(H,17,18). The van der Waals surface area contributed by atoms with Crippen LogP contribution >= 0.6 is 7.26 Å². The summed E-state index contributed by atoms with van der Waals surface area (Å²) < 4.78 is 5.25. The molecule has 0 saturated carbocycles. The monoisotopic (exact) mass is 297 g/mol. The van der Waals surface area contributed by atoms with Gasteiger partial charge in [0.1, 0.15) is 0 Å². The quantitative estimate of drug-likeness (QED) is 0.842. The van der Waals surface area contributed by atoms with E-state index < -0.39 is 7.26 Å². The number of carbonyl (C=O) groups excluding carboxylic acids is 1. The summed E-state index contributed by atoms with van der Waals surface area (Å²) in [6.07, 6.45) is 0.899. The molecule has 1 unspecified atom stereocenters. The van der Waals surface area contributed by atoms with Crippen LogP contribution in [0.5, 0.6) is 5.75 Å². The molecule has 20 heavy (non-hydrogen) atoms. The molecule has 1 aromatic carbocycles. The summed E-state index contributed by atoms with van der Waals surface area (Å²) in [5.41, 5.74) is 3.15. The molecule has 0 aromatic heterocycles. The first-order valence-electron chi connectivity index (χ1n) is 7.16. The Kier molecular flexibility index (Phi) is 5.59. The molecule has 0 aliphatic rings. The first-order chi connectivity index (χ1) is 9.20. The summed E-state index contributed by atoms with van der Waals surface area (Å²) in [4.78, 5) is 12.5. The zero-order chi connectivity index (χ0) is 15.5. The topological polar surface area (TPSA) is 38.3 Å². The first kappa shape index (κ1) is 17.0. The predicted octanol–water partition coefficient (Wildman–Crippen LogP) is 3.67. The van der Waals surface area contributed by atoms with Gasteiger partial charge in [-0.05, 0) is 0 Å². The number of carbonyl (C=O) groups is 1. The Labute approximate surface area is 123 Å². The van der Waals surface area contributed by atoms with Crippen molar-refractivity contribution in [2.45, 2.75) is 32.9 Å². The molecule has 0 radical (unpaired) electrons. The molecule has 114 valence electrons. The zero-order valence-corrected chi connectivity index (χ0v) is 14.8. The number of ether oxygens (including phenoxy) is 1. The molecule has 1 atom stereocenters. The second-order valence-corrected chi connectivity index (χ2v) is 11.9. The van der Waals surface area contributed by atoms with Gasteiger partial charge in [-0.15, -0.1) is 0 Å². The van der Waals surface area contributed by atoms with Crippen molar-refractivity contribution in [3.63, 3.8) is 0 Å². The number of aryl methyl sites for hydroxylation is 2. The fourth-order valence-electron chi connectivity index (χ4n) is 2.64. The van der Waals surface area contributed by atoms with Crippen LogP contribution < -0.4 is 10.1 Å². The van der Waals surface area contributed by atoms with Gasteiger partial charge in [-0.25, -0.2) is 0 Å². The van der Waals surface area contributed by atoms with E-state index in [1.807, 2.05) is 26.0 Å². The van der Waals surface area contributed by atoms with Crippen molar-refractivity contribution in [1.82, 2.24) is 0 Å². The van der Waals surface area contributed by atoms with E-state index in [0.717, 1.165) is 29.0 Å². The number of anilines is 1. The van der Waals surface area contributed by atoms with Gasteiger partial charge < -0.3 is 0 Å². The van der Waals surface area contributed by atoms with Crippen LogP contribution in [0, 0.1) is 13.8 Å². The second-order valence-electron chi connectivity index (χ2n) is 6.45. The van der Waals surface area contributed by atoms with Crippen molar-refractivity contribution in [3.05, 3.63) is 23.3 Å². The van der Waals surface area contributed by atoms with E-state index in [2.05, 4.69) is 32.2 Å². The van der Waals surface area contributed by atoms with Crippen molar-refractivity contribution >= 4 is 18.9 Å². The molecule has 0 aliphatic heterocycles. The molecule has 0 heterocycles. The third-order valence-corrected chi connectivity index (χ3v) is 6.52. The summed E-state index contributed by atoms with van der Waals surface area (Å²) in [5, 5.41) is 3.13. The molecule has 1 aromatic rings. The van der Waals surface area contributed by atoms with Crippen molar-refractivity contribution in [3.8, 4) is 5.75 Å². The normalized spacial score (nSPS) is 13.8.